The van der Waals surface area contributed by atoms with Crippen molar-refractivity contribution < 1.29 is 14.6 Å². The first-order valence-electron chi connectivity index (χ1n) is 3.29. The van der Waals surface area contributed by atoms with E-state index in [-0.39, 0.29) is 18.3 Å². The van der Waals surface area contributed by atoms with Gasteiger partial charge in [-0.05, 0) is 6.42 Å². The maximum Gasteiger partial charge on any atom is 0.112 e. The van der Waals surface area contributed by atoms with Gasteiger partial charge in [0.2, 0.25) is 0 Å². The van der Waals surface area contributed by atoms with E-state index in [0.29, 0.717) is 6.61 Å². The zero-order chi connectivity index (χ0) is 6.27. The minimum absolute atomic E-state index is 0.0231. The van der Waals surface area contributed by atoms with E-state index >= 15 is 0 Å². The van der Waals surface area contributed by atoms with E-state index in [4.69, 9.17) is 14.6 Å². The number of ether oxygens (including phenoxy) is 2. The standard InChI is InChI=1S/C6H10O3/c7-4-3-9-5-1-2-8-6(4)5/h4-7H,1-3H2/t4?,5-,6-/m1/s1. The number of aliphatic hydroxyl groups is 1. The Morgan fingerprint density at radius 1 is 1.33 bits per heavy atom. The quantitative estimate of drug-likeness (QED) is 0.482. The third-order valence-corrected chi connectivity index (χ3v) is 1.94. The topological polar surface area (TPSA) is 38.7 Å². The molecule has 0 aliphatic carbocycles. The van der Waals surface area contributed by atoms with Gasteiger partial charge in [-0.1, -0.05) is 0 Å². The first-order valence-corrected chi connectivity index (χ1v) is 3.29. The van der Waals surface area contributed by atoms with Gasteiger partial charge in [0.15, 0.2) is 0 Å². The lowest BCUT2D eigenvalue weighted by Gasteiger charge is -2.08. The van der Waals surface area contributed by atoms with Crippen LogP contribution in [0.15, 0.2) is 0 Å². The molecule has 0 spiro atoms. The molecule has 9 heavy (non-hydrogen) atoms. The van der Waals surface area contributed by atoms with Gasteiger partial charge in [-0.15, -0.1) is 0 Å². The smallest absolute Gasteiger partial charge is 0.112 e. The minimum Gasteiger partial charge on any atom is -0.388 e. The fourth-order valence-electron chi connectivity index (χ4n) is 1.45. The van der Waals surface area contributed by atoms with E-state index in [1.807, 2.05) is 0 Å². The van der Waals surface area contributed by atoms with E-state index < -0.39 is 0 Å². The monoisotopic (exact) mass is 130 g/mol. The molecule has 0 bridgehead atoms. The molecular formula is C6H10O3. The van der Waals surface area contributed by atoms with Crippen LogP contribution in [0.4, 0.5) is 0 Å². The van der Waals surface area contributed by atoms with Gasteiger partial charge in [-0.3, -0.25) is 0 Å². The van der Waals surface area contributed by atoms with Crippen LogP contribution in [0.5, 0.6) is 0 Å². The van der Waals surface area contributed by atoms with Crippen LogP contribution in [0.2, 0.25) is 0 Å². The van der Waals surface area contributed by atoms with Crippen LogP contribution in [-0.2, 0) is 9.47 Å². The van der Waals surface area contributed by atoms with Crippen LogP contribution >= 0.6 is 0 Å². The first-order chi connectivity index (χ1) is 4.38. The molecule has 3 nitrogen and oxygen atoms in total. The number of hydrogen-bond donors (Lipinski definition) is 1. The molecule has 3 heteroatoms. The average Bonchev–Trinajstić information content (AvgIpc) is 2.35. The van der Waals surface area contributed by atoms with Crippen LogP contribution in [-0.4, -0.2) is 36.6 Å². The second-order valence-electron chi connectivity index (χ2n) is 2.56. The number of fused-ring (bicyclic) bond motifs is 1. The SMILES string of the molecule is OC1CO[C@@H]2CCO[C@H]12. The summed E-state index contributed by atoms with van der Waals surface area (Å²) in [6, 6.07) is 0. The molecule has 1 unspecified atom stereocenters. The van der Waals surface area contributed by atoms with Gasteiger partial charge in [0.05, 0.1) is 12.7 Å². The maximum atomic E-state index is 9.15. The summed E-state index contributed by atoms with van der Waals surface area (Å²) in [6.45, 7) is 1.20. The van der Waals surface area contributed by atoms with E-state index in [1.165, 1.54) is 0 Å². The first kappa shape index (κ1) is 5.65. The highest BCUT2D eigenvalue weighted by Gasteiger charge is 2.40. The van der Waals surface area contributed by atoms with Gasteiger partial charge in [-0.25, -0.2) is 0 Å². The number of aliphatic hydroxyl groups excluding tert-OH is 1. The van der Waals surface area contributed by atoms with Crippen molar-refractivity contribution in [2.45, 2.75) is 24.7 Å². The van der Waals surface area contributed by atoms with Crippen LogP contribution in [0.3, 0.4) is 0 Å². The summed E-state index contributed by atoms with van der Waals surface area (Å²) in [5.41, 5.74) is 0. The Kier molecular flexibility index (Phi) is 1.22. The Morgan fingerprint density at radius 2 is 2.22 bits per heavy atom. The molecule has 2 aliphatic heterocycles. The molecule has 0 aromatic carbocycles. The van der Waals surface area contributed by atoms with Gasteiger partial charge < -0.3 is 14.6 Å². The summed E-state index contributed by atoms with van der Waals surface area (Å²) in [4.78, 5) is 0. The van der Waals surface area contributed by atoms with Crippen molar-refractivity contribution in [2.75, 3.05) is 13.2 Å². The Labute approximate surface area is 53.6 Å². The van der Waals surface area contributed by atoms with Crippen molar-refractivity contribution in [2.24, 2.45) is 0 Å². The summed E-state index contributed by atoms with van der Waals surface area (Å²) in [7, 11) is 0. The molecule has 1 N–H and O–H groups in total. The van der Waals surface area contributed by atoms with Gasteiger partial charge >= 0.3 is 0 Å². The maximum absolute atomic E-state index is 9.15. The van der Waals surface area contributed by atoms with Crippen molar-refractivity contribution in [3.8, 4) is 0 Å². The second kappa shape index (κ2) is 1.94. The summed E-state index contributed by atoms with van der Waals surface area (Å²) in [5.74, 6) is 0. The fraction of sp³-hybridized carbons (Fsp3) is 1.00. The van der Waals surface area contributed by atoms with E-state index in [2.05, 4.69) is 0 Å². The molecule has 2 rings (SSSR count). The highest BCUT2D eigenvalue weighted by Crippen LogP contribution is 2.25. The summed E-state index contributed by atoms with van der Waals surface area (Å²) in [5, 5.41) is 9.15. The molecule has 0 aromatic rings. The van der Waals surface area contributed by atoms with Crippen molar-refractivity contribution in [3.05, 3.63) is 0 Å². The number of rotatable bonds is 0. The molecule has 3 atom stereocenters. The molecule has 0 aromatic heterocycles. The van der Waals surface area contributed by atoms with Gasteiger partial charge in [0.25, 0.3) is 0 Å². The van der Waals surface area contributed by atoms with Crippen LogP contribution < -0.4 is 0 Å². The molecular weight excluding hydrogens is 120 g/mol. The van der Waals surface area contributed by atoms with Gasteiger partial charge in [0.1, 0.15) is 12.2 Å². The Hall–Kier alpha value is -0.120. The predicted molar refractivity (Wildman–Crippen MR) is 30.1 cm³/mol. The van der Waals surface area contributed by atoms with Crippen molar-refractivity contribution >= 4 is 0 Å². The van der Waals surface area contributed by atoms with Crippen molar-refractivity contribution in [1.82, 2.24) is 0 Å². The largest absolute Gasteiger partial charge is 0.388 e. The predicted octanol–water partition coefficient (Wildman–Crippen LogP) is -0.465. The zero-order valence-electron chi connectivity index (χ0n) is 5.12. The molecule has 52 valence electrons. The minimum atomic E-state index is -0.377. The Bertz CT molecular complexity index is 115. The Balaban J connectivity index is 2.07. The fourth-order valence-corrected chi connectivity index (χ4v) is 1.45. The average molecular weight is 130 g/mol. The zero-order valence-corrected chi connectivity index (χ0v) is 5.12. The van der Waals surface area contributed by atoms with Crippen LogP contribution in [0.25, 0.3) is 0 Å². The van der Waals surface area contributed by atoms with Crippen molar-refractivity contribution in [3.63, 3.8) is 0 Å². The van der Waals surface area contributed by atoms with E-state index in [1.54, 1.807) is 0 Å². The molecule has 0 saturated carbocycles. The third kappa shape index (κ3) is 0.764. The second-order valence-corrected chi connectivity index (χ2v) is 2.56. The number of hydrogen-bond acceptors (Lipinski definition) is 3. The molecule has 0 amide bonds. The normalized spacial score (nSPS) is 49.7. The van der Waals surface area contributed by atoms with Crippen LogP contribution in [0, 0.1) is 0 Å². The third-order valence-electron chi connectivity index (χ3n) is 1.94. The van der Waals surface area contributed by atoms with Crippen molar-refractivity contribution in [1.29, 1.82) is 0 Å². The van der Waals surface area contributed by atoms with E-state index in [0.717, 1.165) is 13.0 Å². The van der Waals surface area contributed by atoms with E-state index in [9.17, 15) is 0 Å². The lowest BCUT2D eigenvalue weighted by atomic mass is 10.1. The molecule has 2 aliphatic rings. The highest BCUT2D eigenvalue weighted by molar-refractivity contribution is 4.88. The molecule has 2 heterocycles. The summed E-state index contributed by atoms with van der Waals surface area (Å²) >= 11 is 0. The van der Waals surface area contributed by atoms with Gasteiger partial charge in [0, 0.05) is 6.61 Å². The van der Waals surface area contributed by atoms with Crippen LogP contribution in [0.1, 0.15) is 6.42 Å². The lowest BCUT2D eigenvalue weighted by molar-refractivity contribution is 0.0187. The summed E-state index contributed by atoms with van der Waals surface area (Å²) in [6.07, 6.45) is 0.726. The van der Waals surface area contributed by atoms with Gasteiger partial charge in [-0.2, -0.15) is 0 Å². The molecule has 2 fully saturated rings. The Morgan fingerprint density at radius 3 is 3.00 bits per heavy atom. The molecule has 0 radical (unpaired) electrons. The highest BCUT2D eigenvalue weighted by atomic mass is 16.6. The lowest BCUT2D eigenvalue weighted by Crippen LogP contribution is -2.26. The molecule has 2 saturated heterocycles. The summed E-state index contributed by atoms with van der Waals surface area (Å²) < 4.78 is 10.4.